The molecule has 0 fully saturated rings. The molecule has 0 bridgehead atoms. The summed E-state index contributed by atoms with van der Waals surface area (Å²) in [6.07, 6.45) is 3.50. The van der Waals surface area contributed by atoms with Gasteiger partial charge in [0.05, 0.1) is 6.54 Å². The molecule has 0 radical (unpaired) electrons. The number of nitrogens with one attached hydrogen (secondary N) is 2. The number of hydrogen-bond donors (Lipinski definition) is 2. The van der Waals surface area contributed by atoms with E-state index in [1.54, 1.807) is 10.6 Å². The van der Waals surface area contributed by atoms with Crippen molar-refractivity contribution in [3.8, 4) is 0 Å². The summed E-state index contributed by atoms with van der Waals surface area (Å²) in [5.41, 5.74) is 1.08. The van der Waals surface area contributed by atoms with Gasteiger partial charge in [-0.1, -0.05) is 11.3 Å². The Morgan fingerprint density at radius 2 is 2.39 bits per heavy atom. The number of H-pyrrole nitrogens is 1. The lowest BCUT2D eigenvalue weighted by atomic mass is 10.4. The number of fused-ring (bicyclic) bond motifs is 1. The monoisotopic (exact) mass is 243 g/mol. The summed E-state index contributed by atoms with van der Waals surface area (Å²) in [6.45, 7) is 0.212. The second-order valence-electron chi connectivity index (χ2n) is 3.60. The van der Waals surface area contributed by atoms with Gasteiger partial charge >= 0.3 is 0 Å². The molecule has 8 heteroatoms. The van der Waals surface area contributed by atoms with Crippen LogP contribution in [0.4, 0.5) is 0 Å². The van der Waals surface area contributed by atoms with E-state index in [-0.39, 0.29) is 12.5 Å². The molecule has 3 heterocycles. The van der Waals surface area contributed by atoms with Gasteiger partial charge in [0.2, 0.25) is 0 Å². The number of nitrogens with zero attached hydrogens (tertiary/aromatic N) is 5. The minimum Gasteiger partial charge on any atom is -0.343 e. The SMILES string of the molecule is O=C(NCc1nn[nH]n1)c1cn2ccccc2n1. The highest BCUT2D eigenvalue weighted by molar-refractivity contribution is 5.92. The Morgan fingerprint density at radius 1 is 1.44 bits per heavy atom. The summed E-state index contributed by atoms with van der Waals surface area (Å²) in [5.74, 6) is 0.149. The summed E-state index contributed by atoms with van der Waals surface area (Å²) in [4.78, 5) is 16.0. The van der Waals surface area contributed by atoms with Gasteiger partial charge in [-0.15, -0.1) is 10.2 Å². The molecule has 3 rings (SSSR count). The van der Waals surface area contributed by atoms with Crippen LogP contribution in [0.15, 0.2) is 30.6 Å². The first kappa shape index (κ1) is 10.4. The Labute approximate surface area is 101 Å². The summed E-state index contributed by atoms with van der Waals surface area (Å²) < 4.78 is 1.78. The Balaban J connectivity index is 1.75. The highest BCUT2D eigenvalue weighted by atomic mass is 16.1. The smallest absolute Gasteiger partial charge is 0.271 e. The Kier molecular flexibility index (Phi) is 2.45. The highest BCUT2D eigenvalue weighted by Crippen LogP contribution is 2.04. The van der Waals surface area contributed by atoms with Crippen molar-refractivity contribution in [1.29, 1.82) is 0 Å². The van der Waals surface area contributed by atoms with Gasteiger partial charge in [-0.05, 0) is 12.1 Å². The van der Waals surface area contributed by atoms with E-state index in [2.05, 4.69) is 30.9 Å². The number of rotatable bonds is 3. The van der Waals surface area contributed by atoms with Crippen LogP contribution in [-0.4, -0.2) is 35.9 Å². The van der Waals surface area contributed by atoms with E-state index in [9.17, 15) is 4.79 Å². The summed E-state index contributed by atoms with van der Waals surface area (Å²) in [6, 6.07) is 5.56. The van der Waals surface area contributed by atoms with Gasteiger partial charge in [0, 0.05) is 12.4 Å². The van der Waals surface area contributed by atoms with Crippen LogP contribution in [0, 0.1) is 0 Å². The first-order chi connectivity index (χ1) is 8.83. The third-order valence-electron chi connectivity index (χ3n) is 2.39. The molecule has 8 nitrogen and oxygen atoms in total. The van der Waals surface area contributed by atoms with Crippen LogP contribution in [0.2, 0.25) is 0 Å². The molecular weight excluding hydrogens is 234 g/mol. The molecule has 0 aliphatic rings. The van der Waals surface area contributed by atoms with Crippen LogP contribution in [0.25, 0.3) is 5.65 Å². The molecular formula is C10H9N7O. The lowest BCUT2D eigenvalue weighted by Gasteiger charge is -1.97. The maximum absolute atomic E-state index is 11.8. The standard InChI is InChI=1S/C10H9N7O/c18-10(11-5-8-13-15-16-14-8)7-6-17-4-2-1-3-9(17)12-7/h1-4,6H,5H2,(H,11,18)(H,13,14,15,16). The van der Waals surface area contributed by atoms with Gasteiger partial charge in [0.15, 0.2) is 5.82 Å². The van der Waals surface area contributed by atoms with E-state index in [0.29, 0.717) is 11.5 Å². The Bertz CT molecular complexity index is 639. The van der Waals surface area contributed by atoms with Crippen molar-refractivity contribution in [2.75, 3.05) is 0 Å². The van der Waals surface area contributed by atoms with Crippen molar-refractivity contribution in [2.24, 2.45) is 0 Å². The molecule has 0 atom stereocenters. The number of aromatic amines is 1. The van der Waals surface area contributed by atoms with Crippen molar-refractivity contribution < 1.29 is 4.79 Å². The number of aromatic nitrogens is 6. The van der Waals surface area contributed by atoms with Crippen LogP contribution in [0.3, 0.4) is 0 Å². The maximum Gasteiger partial charge on any atom is 0.271 e. The maximum atomic E-state index is 11.8. The van der Waals surface area contributed by atoms with E-state index in [1.807, 2.05) is 24.4 Å². The predicted molar refractivity (Wildman–Crippen MR) is 60.5 cm³/mol. The number of hydrogen-bond acceptors (Lipinski definition) is 5. The van der Waals surface area contributed by atoms with Crippen LogP contribution < -0.4 is 5.32 Å². The number of carbonyl (C=O) groups excluding carboxylic acids is 1. The Morgan fingerprint density at radius 3 is 3.17 bits per heavy atom. The van der Waals surface area contributed by atoms with Crippen LogP contribution in [-0.2, 0) is 6.54 Å². The Hall–Kier alpha value is -2.77. The van der Waals surface area contributed by atoms with Crippen molar-refractivity contribution in [3.05, 3.63) is 42.1 Å². The average molecular weight is 243 g/mol. The van der Waals surface area contributed by atoms with Crippen LogP contribution >= 0.6 is 0 Å². The molecule has 0 spiro atoms. The van der Waals surface area contributed by atoms with Gasteiger partial charge in [0.25, 0.3) is 5.91 Å². The first-order valence-corrected chi connectivity index (χ1v) is 5.27. The minimum atomic E-state index is -0.275. The number of carbonyl (C=O) groups is 1. The lowest BCUT2D eigenvalue weighted by Crippen LogP contribution is -2.23. The van der Waals surface area contributed by atoms with Crippen LogP contribution in [0.1, 0.15) is 16.3 Å². The molecule has 0 aliphatic carbocycles. The molecule has 0 saturated heterocycles. The zero-order valence-electron chi connectivity index (χ0n) is 9.24. The minimum absolute atomic E-state index is 0.212. The second-order valence-corrected chi connectivity index (χ2v) is 3.60. The van der Waals surface area contributed by atoms with Crippen molar-refractivity contribution >= 4 is 11.6 Å². The van der Waals surface area contributed by atoms with Crippen molar-refractivity contribution in [1.82, 2.24) is 35.3 Å². The molecule has 0 aromatic carbocycles. The van der Waals surface area contributed by atoms with Crippen molar-refractivity contribution in [3.63, 3.8) is 0 Å². The molecule has 3 aromatic rings. The third-order valence-corrected chi connectivity index (χ3v) is 2.39. The summed E-state index contributed by atoms with van der Waals surface area (Å²) in [7, 11) is 0. The topological polar surface area (TPSA) is 101 Å². The molecule has 90 valence electrons. The van der Waals surface area contributed by atoms with Gasteiger partial charge < -0.3 is 9.72 Å². The number of imidazole rings is 1. The van der Waals surface area contributed by atoms with Gasteiger partial charge in [0.1, 0.15) is 11.3 Å². The average Bonchev–Trinajstić information content (AvgIpc) is 3.04. The molecule has 2 N–H and O–H groups in total. The zero-order chi connectivity index (χ0) is 12.4. The van der Waals surface area contributed by atoms with Gasteiger partial charge in [-0.2, -0.15) is 5.21 Å². The lowest BCUT2D eigenvalue weighted by molar-refractivity contribution is 0.0945. The van der Waals surface area contributed by atoms with Gasteiger partial charge in [-0.25, -0.2) is 4.98 Å². The van der Waals surface area contributed by atoms with E-state index in [4.69, 9.17) is 0 Å². The second kappa shape index (κ2) is 4.24. The fourth-order valence-electron chi connectivity index (χ4n) is 1.55. The molecule has 1 amide bonds. The zero-order valence-corrected chi connectivity index (χ0v) is 9.24. The normalized spacial score (nSPS) is 10.7. The van der Waals surface area contributed by atoms with Crippen LogP contribution in [0.5, 0.6) is 0 Å². The molecule has 18 heavy (non-hydrogen) atoms. The molecule has 0 unspecified atom stereocenters. The number of amides is 1. The van der Waals surface area contributed by atoms with E-state index in [1.165, 1.54) is 0 Å². The largest absolute Gasteiger partial charge is 0.343 e. The predicted octanol–water partition coefficient (Wildman–Crippen LogP) is -0.223. The van der Waals surface area contributed by atoms with E-state index in [0.717, 1.165) is 5.65 Å². The summed E-state index contributed by atoms with van der Waals surface area (Å²) in [5, 5.41) is 15.9. The fourth-order valence-corrected chi connectivity index (χ4v) is 1.55. The third kappa shape index (κ3) is 1.90. The molecule has 0 aliphatic heterocycles. The highest BCUT2D eigenvalue weighted by Gasteiger charge is 2.10. The molecule has 3 aromatic heterocycles. The number of tetrazole rings is 1. The fraction of sp³-hybridized carbons (Fsp3) is 0.100. The summed E-state index contributed by atoms with van der Waals surface area (Å²) >= 11 is 0. The van der Waals surface area contributed by atoms with E-state index < -0.39 is 0 Å². The quantitative estimate of drug-likeness (QED) is 0.662. The van der Waals surface area contributed by atoms with Crippen molar-refractivity contribution in [2.45, 2.75) is 6.54 Å². The van der Waals surface area contributed by atoms with E-state index >= 15 is 0 Å². The number of pyridine rings is 1. The van der Waals surface area contributed by atoms with Gasteiger partial charge in [-0.3, -0.25) is 4.79 Å². The first-order valence-electron chi connectivity index (χ1n) is 5.27. The molecule has 0 saturated carbocycles.